The van der Waals surface area contributed by atoms with Gasteiger partial charge < -0.3 is 10.1 Å². The number of sulfonamides is 1. The highest BCUT2D eigenvalue weighted by Crippen LogP contribution is 2.33. The lowest BCUT2D eigenvalue weighted by molar-refractivity contribution is 0.414. The molecule has 0 amide bonds. The third kappa shape index (κ3) is 3.70. The topological polar surface area (TPSA) is 98.1 Å². The van der Waals surface area contributed by atoms with Crippen LogP contribution in [0.4, 0.5) is 11.9 Å². The maximum absolute atomic E-state index is 11.6. The largest absolute Gasteiger partial charge is 0.497 e. The molecule has 1 aliphatic heterocycles. The van der Waals surface area contributed by atoms with E-state index in [1.807, 2.05) is 60.7 Å². The maximum Gasteiger partial charge on any atom is 0.257 e. The van der Waals surface area contributed by atoms with Gasteiger partial charge in [0.25, 0.3) is 5.95 Å². The standard InChI is InChI=1S/C19H19N5O3S/c1-27-15-10-8-14(9-11-15)17-12-16(13-6-4-3-5-7-13)20-19-21-18(22-24(17)19)23-28(2,25)26/h3-12,17H,1-2H3,(H2,20,21,22,23). The zero-order valence-electron chi connectivity index (χ0n) is 15.3. The first kappa shape index (κ1) is 18.1. The summed E-state index contributed by atoms with van der Waals surface area (Å²) in [5.41, 5.74) is 2.83. The molecule has 0 radical (unpaired) electrons. The molecule has 0 saturated carbocycles. The lowest BCUT2D eigenvalue weighted by Crippen LogP contribution is -2.20. The molecular formula is C19H19N5O3S. The molecule has 0 spiro atoms. The summed E-state index contributed by atoms with van der Waals surface area (Å²) in [5.74, 6) is 1.22. The van der Waals surface area contributed by atoms with E-state index in [0.717, 1.165) is 28.8 Å². The third-order valence-electron chi connectivity index (χ3n) is 4.28. The molecule has 28 heavy (non-hydrogen) atoms. The fourth-order valence-corrected chi connectivity index (χ4v) is 3.44. The molecule has 2 heterocycles. The van der Waals surface area contributed by atoms with Crippen molar-refractivity contribution in [3.05, 3.63) is 71.8 Å². The van der Waals surface area contributed by atoms with E-state index in [4.69, 9.17) is 4.74 Å². The van der Waals surface area contributed by atoms with Crippen molar-refractivity contribution in [2.45, 2.75) is 6.04 Å². The van der Waals surface area contributed by atoms with Crippen molar-refractivity contribution >= 4 is 27.6 Å². The van der Waals surface area contributed by atoms with Crippen molar-refractivity contribution in [2.75, 3.05) is 23.4 Å². The number of rotatable bonds is 5. The van der Waals surface area contributed by atoms with Gasteiger partial charge in [-0.2, -0.15) is 4.98 Å². The Hall–Kier alpha value is -3.33. The molecule has 0 fully saturated rings. The summed E-state index contributed by atoms with van der Waals surface area (Å²) in [5, 5.41) is 7.57. The molecule has 9 heteroatoms. The molecule has 2 aromatic carbocycles. The van der Waals surface area contributed by atoms with Crippen LogP contribution in [0.15, 0.2) is 60.7 Å². The molecule has 8 nitrogen and oxygen atoms in total. The highest BCUT2D eigenvalue weighted by molar-refractivity contribution is 7.91. The van der Waals surface area contributed by atoms with E-state index >= 15 is 0 Å². The van der Waals surface area contributed by atoms with Gasteiger partial charge in [0.2, 0.25) is 16.0 Å². The summed E-state index contributed by atoms with van der Waals surface area (Å²) >= 11 is 0. The molecule has 144 valence electrons. The molecule has 3 aromatic rings. The zero-order chi connectivity index (χ0) is 19.7. The quantitative estimate of drug-likeness (QED) is 0.687. The minimum absolute atomic E-state index is 0.0197. The number of hydrogen-bond donors (Lipinski definition) is 2. The van der Waals surface area contributed by atoms with Crippen molar-refractivity contribution in [3.63, 3.8) is 0 Å². The number of nitrogens with zero attached hydrogens (tertiary/aromatic N) is 3. The second-order valence-electron chi connectivity index (χ2n) is 6.37. The zero-order valence-corrected chi connectivity index (χ0v) is 16.1. The van der Waals surface area contributed by atoms with Crippen LogP contribution in [-0.2, 0) is 10.0 Å². The van der Waals surface area contributed by atoms with Gasteiger partial charge in [-0.25, -0.2) is 13.1 Å². The summed E-state index contributed by atoms with van der Waals surface area (Å²) in [4.78, 5) is 4.31. The van der Waals surface area contributed by atoms with Crippen LogP contribution in [0.1, 0.15) is 17.2 Å². The molecule has 2 N–H and O–H groups in total. The Bertz CT molecular complexity index is 1120. The van der Waals surface area contributed by atoms with Gasteiger partial charge in [-0.05, 0) is 29.3 Å². The van der Waals surface area contributed by atoms with Crippen molar-refractivity contribution in [1.82, 2.24) is 14.8 Å². The van der Waals surface area contributed by atoms with Gasteiger partial charge in [-0.3, -0.25) is 4.72 Å². The van der Waals surface area contributed by atoms with Gasteiger partial charge >= 0.3 is 0 Å². The number of benzene rings is 2. The Morgan fingerprint density at radius 1 is 1.11 bits per heavy atom. The van der Waals surface area contributed by atoms with Crippen LogP contribution in [0.3, 0.4) is 0 Å². The molecule has 1 aliphatic rings. The van der Waals surface area contributed by atoms with E-state index in [2.05, 4.69) is 20.1 Å². The summed E-state index contributed by atoms with van der Waals surface area (Å²) < 4.78 is 32.4. The van der Waals surface area contributed by atoms with Crippen LogP contribution < -0.4 is 14.8 Å². The number of aromatic nitrogens is 3. The molecule has 4 rings (SSSR count). The lowest BCUT2D eigenvalue weighted by atomic mass is 10.0. The summed E-state index contributed by atoms with van der Waals surface area (Å²) in [6.45, 7) is 0. The van der Waals surface area contributed by atoms with E-state index in [0.29, 0.717) is 5.95 Å². The second-order valence-corrected chi connectivity index (χ2v) is 8.12. The molecule has 1 unspecified atom stereocenters. The van der Waals surface area contributed by atoms with Gasteiger partial charge in [-0.1, -0.05) is 42.5 Å². The Balaban J connectivity index is 1.79. The van der Waals surface area contributed by atoms with Crippen LogP contribution in [-0.4, -0.2) is 36.5 Å². The van der Waals surface area contributed by atoms with Crippen molar-refractivity contribution in [3.8, 4) is 5.75 Å². The number of allylic oxidation sites excluding steroid dienone is 1. The van der Waals surface area contributed by atoms with Crippen LogP contribution >= 0.6 is 0 Å². The molecule has 0 saturated heterocycles. The molecule has 0 bridgehead atoms. The molecule has 0 aliphatic carbocycles. The van der Waals surface area contributed by atoms with Crippen LogP contribution in [0, 0.1) is 0 Å². The van der Waals surface area contributed by atoms with Gasteiger partial charge in [0, 0.05) is 5.70 Å². The molecule has 1 aromatic heterocycles. The van der Waals surface area contributed by atoms with Crippen LogP contribution in [0.2, 0.25) is 0 Å². The van der Waals surface area contributed by atoms with Gasteiger partial charge in [0.1, 0.15) is 11.8 Å². The van der Waals surface area contributed by atoms with Gasteiger partial charge in [0.15, 0.2) is 0 Å². The smallest absolute Gasteiger partial charge is 0.257 e. The number of methoxy groups -OCH3 is 1. The maximum atomic E-state index is 11.6. The van der Waals surface area contributed by atoms with E-state index in [1.54, 1.807) is 11.8 Å². The summed E-state index contributed by atoms with van der Waals surface area (Å²) in [6, 6.07) is 17.2. The van der Waals surface area contributed by atoms with Crippen molar-refractivity contribution in [2.24, 2.45) is 0 Å². The van der Waals surface area contributed by atoms with E-state index in [-0.39, 0.29) is 12.0 Å². The Kier molecular flexibility index (Phi) is 4.52. The lowest BCUT2D eigenvalue weighted by Gasteiger charge is -2.24. The minimum Gasteiger partial charge on any atom is -0.497 e. The third-order valence-corrected chi connectivity index (χ3v) is 4.84. The van der Waals surface area contributed by atoms with Crippen LogP contribution in [0.5, 0.6) is 5.75 Å². The summed E-state index contributed by atoms with van der Waals surface area (Å²) in [6.07, 6.45) is 3.10. The Labute approximate surface area is 162 Å². The first-order valence-electron chi connectivity index (χ1n) is 8.55. The van der Waals surface area contributed by atoms with Crippen molar-refractivity contribution < 1.29 is 13.2 Å². The van der Waals surface area contributed by atoms with E-state index in [1.165, 1.54) is 0 Å². The minimum atomic E-state index is -3.48. The highest BCUT2D eigenvalue weighted by Gasteiger charge is 2.26. The summed E-state index contributed by atoms with van der Waals surface area (Å²) in [7, 11) is -1.87. The predicted octanol–water partition coefficient (Wildman–Crippen LogP) is 2.71. The van der Waals surface area contributed by atoms with Crippen LogP contribution in [0.25, 0.3) is 5.70 Å². The fraction of sp³-hybridized carbons (Fsp3) is 0.158. The van der Waals surface area contributed by atoms with Crippen molar-refractivity contribution in [1.29, 1.82) is 0 Å². The average Bonchev–Trinajstić information content (AvgIpc) is 3.08. The highest BCUT2D eigenvalue weighted by atomic mass is 32.2. The van der Waals surface area contributed by atoms with Gasteiger partial charge in [0.05, 0.1) is 13.4 Å². The number of hydrogen-bond acceptors (Lipinski definition) is 6. The number of ether oxygens (including phenoxy) is 1. The first-order valence-corrected chi connectivity index (χ1v) is 10.4. The Morgan fingerprint density at radius 2 is 1.82 bits per heavy atom. The normalized spacial score (nSPS) is 15.9. The SMILES string of the molecule is COc1ccc(C2C=C(c3ccccc3)Nc3nc(NS(C)(=O)=O)nn32)cc1. The number of anilines is 2. The second kappa shape index (κ2) is 7.01. The number of nitrogens with one attached hydrogen (secondary N) is 2. The Morgan fingerprint density at radius 3 is 2.46 bits per heavy atom. The average molecular weight is 397 g/mol. The first-order chi connectivity index (χ1) is 13.4. The molecular weight excluding hydrogens is 378 g/mol. The number of fused-ring (bicyclic) bond motifs is 1. The predicted molar refractivity (Wildman–Crippen MR) is 108 cm³/mol. The van der Waals surface area contributed by atoms with E-state index in [9.17, 15) is 8.42 Å². The van der Waals surface area contributed by atoms with Gasteiger partial charge in [-0.15, -0.1) is 5.10 Å². The monoisotopic (exact) mass is 397 g/mol. The molecule has 1 atom stereocenters. The fourth-order valence-electron chi connectivity index (χ4n) is 3.03. The van der Waals surface area contributed by atoms with E-state index < -0.39 is 10.0 Å².